The molecule has 1 unspecified atom stereocenters. The van der Waals surface area contributed by atoms with E-state index >= 15 is 0 Å². The van der Waals surface area contributed by atoms with E-state index in [1.54, 1.807) is 4.68 Å². The van der Waals surface area contributed by atoms with Crippen molar-refractivity contribution in [3.63, 3.8) is 0 Å². The normalized spacial score (nSPS) is 12.0. The Morgan fingerprint density at radius 2 is 2.04 bits per heavy atom. The van der Waals surface area contributed by atoms with Gasteiger partial charge in [-0.15, -0.1) is 5.10 Å². The molecule has 0 spiro atoms. The van der Waals surface area contributed by atoms with Crippen LogP contribution in [0.15, 0.2) is 53.7 Å². The average Bonchev–Trinajstić information content (AvgIpc) is 3.09. The van der Waals surface area contributed by atoms with Gasteiger partial charge in [0.15, 0.2) is 0 Å². The van der Waals surface area contributed by atoms with E-state index in [1.165, 1.54) is 11.8 Å². The van der Waals surface area contributed by atoms with Crippen LogP contribution < -0.4 is 5.32 Å². The van der Waals surface area contributed by atoms with E-state index in [0.29, 0.717) is 10.2 Å². The summed E-state index contributed by atoms with van der Waals surface area (Å²) >= 11 is 7.19. The predicted molar refractivity (Wildman–Crippen MR) is 103 cm³/mol. The Morgan fingerprint density at radius 1 is 1.27 bits per heavy atom. The molecule has 3 aromatic rings. The van der Waals surface area contributed by atoms with E-state index in [1.807, 2.05) is 62.4 Å². The van der Waals surface area contributed by atoms with Crippen LogP contribution in [-0.2, 0) is 4.79 Å². The molecule has 0 aliphatic heterocycles. The number of benzene rings is 2. The average molecular weight is 388 g/mol. The molecule has 0 aliphatic carbocycles. The maximum absolute atomic E-state index is 12.3. The number of hydrogen-bond acceptors (Lipinski definition) is 5. The SMILES string of the molecule is Cc1cccc(-n2nnnc2SCC(=O)NC(C)c2ccc(Cl)cc2)c1. The van der Waals surface area contributed by atoms with Crippen molar-refractivity contribution in [3.8, 4) is 5.69 Å². The Hall–Kier alpha value is -2.38. The number of nitrogens with one attached hydrogen (secondary N) is 1. The molecule has 3 rings (SSSR count). The highest BCUT2D eigenvalue weighted by Crippen LogP contribution is 2.20. The highest BCUT2D eigenvalue weighted by molar-refractivity contribution is 7.99. The molecular formula is C18H18ClN5OS. The van der Waals surface area contributed by atoms with Crippen molar-refractivity contribution < 1.29 is 4.79 Å². The number of aromatic nitrogens is 4. The quantitative estimate of drug-likeness (QED) is 0.654. The summed E-state index contributed by atoms with van der Waals surface area (Å²) in [4.78, 5) is 12.3. The van der Waals surface area contributed by atoms with E-state index in [4.69, 9.17) is 11.6 Å². The summed E-state index contributed by atoms with van der Waals surface area (Å²) in [5, 5.41) is 16.0. The van der Waals surface area contributed by atoms with Crippen LogP contribution in [0.3, 0.4) is 0 Å². The molecule has 26 heavy (non-hydrogen) atoms. The van der Waals surface area contributed by atoms with Gasteiger partial charge in [-0.3, -0.25) is 4.79 Å². The third-order valence-corrected chi connectivity index (χ3v) is 4.94. The van der Waals surface area contributed by atoms with Crippen LogP contribution in [-0.4, -0.2) is 31.9 Å². The third-order valence-electron chi connectivity index (χ3n) is 3.77. The number of carbonyl (C=O) groups excluding carboxylic acids is 1. The van der Waals surface area contributed by atoms with Crippen LogP contribution in [0.25, 0.3) is 5.69 Å². The number of hydrogen-bond donors (Lipinski definition) is 1. The largest absolute Gasteiger partial charge is 0.349 e. The highest BCUT2D eigenvalue weighted by Gasteiger charge is 2.14. The van der Waals surface area contributed by atoms with Crippen molar-refractivity contribution in [3.05, 3.63) is 64.7 Å². The lowest BCUT2D eigenvalue weighted by molar-refractivity contribution is -0.119. The second kappa shape index (κ2) is 8.33. The standard InChI is InChI=1S/C18H18ClN5OS/c1-12-4-3-5-16(10-12)24-18(21-22-23-24)26-11-17(25)20-13(2)14-6-8-15(19)9-7-14/h3-10,13H,11H2,1-2H3,(H,20,25). The first kappa shape index (κ1) is 18.4. The Bertz CT molecular complexity index is 897. The maximum Gasteiger partial charge on any atom is 0.230 e. The summed E-state index contributed by atoms with van der Waals surface area (Å²) in [6.45, 7) is 3.94. The van der Waals surface area contributed by atoms with Gasteiger partial charge >= 0.3 is 0 Å². The van der Waals surface area contributed by atoms with E-state index in [0.717, 1.165) is 16.8 Å². The summed E-state index contributed by atoms with van der Waals surface area (Å²) in [6, 6.07) is 15.2. The first-order valence-corrected chi connectivity index (χ1v) is 9.42. The molecule has 2 aromatic carbocycles. The third kappa shape index (κ3) is 4.62. The molecule has 6 nitrogen and oxygen atoms in total. The van der Waals surface area contributed by atoms with Crippen LogP contribution >= 0.6 is 23.4 Å². The fraction of sp³-hybridized carbons (Fsp3) is 0.222. The van der Waals surface area contributed by atoms with E-state index < -0.39 is 0 Å². The molecule has 8 heteroatoms. The summed E-state index contributed by atoms with van der Waals surface area (Å²) < 4.78 is 1.63. The van der Waals surface area contributed by atoms with Gasteiger partial charge in [0.05, 0.1) is 17.5 Å². The van der Waals surface area contributed by atoms with Gasteiger partial charge in [0.2, 0.25) is 11.1 Å². The molecule has 1 heterocycles. The number of aryl methyl sites for hydroxylation is 1. The minimum atomic E-state index is -0.104. The molecular weight excluding hydrogens is 370 g/mol. The van der Waals surface area contributed by atoms with Gasteiger partial charge in [-0.2, -0.15) is 4.68 Å². The first-order valence-electron chi connectivity index (χ1n) is 8.06. The molecule has 0 aliphatic rings. The summed E-state index contributed by atoms with van der Waals surface area (Å²) in [7, 11) is 0. The van der Waals surface area contributed by atoms with Crippen molar-refractivity contribution in [2.75, 3.05) is 5.75 Å². The molecule has 1 atom stereocenters. The van der Waals surface area contributed by atoms with Gasteiger partial charge < -0.3 is 5.32 Å². The molecule has 0 bridgehead atoms. The number of thioether (sulfide) groups is 1. The van der Waals surface area contributed by atoms with Crippen molar-refractivity contribution >= 4 is 29.3 Å². The topological polar surface area (TPSA) is 72.7 Å². The summed E-state index contributed by atoms with van der Waals surface area (Å²) in [5.41, 5.74) is 2.98. The van der Waals surface area contributed by atoms with Gasteiger partial charge in [-0.25, -0.2) is 0 Å². The monoisotopic (exact) mass is 387 g/mol. The van der Waals surface area contributed by atoms with Crippen molar-refractivity contribution in [1.29, 1.82) is 0 Å². The van der Waals surface area contributed by atoms with Gasteiger partial charge in [0.1, 0.15) is 0 Å². The molecule has 1 aromatic heterocycles. The fourth-order valence-corrected chi connectivity index (χ4v) is 3.27. The number of tetrazole rings is 1. The lowest BCUT2D eigenvalue weighted by Gasteiger charge is -2.14. The Morgan fingerprint density at radius 3 is 2.77 bits per heavy atom. The van der Waals surface area contributed by atoms with Crippen LogP contribution in [0, 0.1) is 6.92 Å². The zero-order valence-corrected chi connectivity index (χ0v) is 16.0. The molecule has 0 saturated heterocycles. The summed E-state index contributed by atoms with van der Waals surface area (Å²) in [5.74, 6) is 0.139. The lowest BCUT2D eigenvalue weighted by Crippen LogP contribution is -2.28. The van der Waals surface area contributed by atoms with E-state index in [-0.39, 0.29) is 17.7 Å². The van der Waals surface area contributed by atoms with Crippen LogP contribution in [0.2, 0.25) is 5.02 Å². The molecule has 0 saturated carbocycles. The van der Waals surface area contributed by atoms with Crippen molar-refractivity contribution in [2.45, 2.75) is 25.0 Å². The Kier molecular flexibility index (Phi) is 5.90. The summed E-state index contributed by atoms with van der Waals surface area (Å²) in [6.07, 6.45) is 0. The second-order valence-electron chi connectivity index (χ2n) is 5.84. The van der Waals surface area contributed by atoms with E-state index in [9.17, 15) is 4.79 Å². The maximum atomic E-state index is 12.3. The smallest absolute Gasteiger partial charge is 0.230 e. The number of halogens is 1. The molecule has 0 fully saturated rings. The minimum Gasteiger partial charge on any atom is -0.349 e. The second-order valence-corrected chi connectivity index (χ2v) is 7.22. The Labute approximate surface area is 160 Å². The lowest BCUT2D eigenvalue weighted by atomic mass is 10.1. The number of carbonyl (C=O) groups is 1. The number of amides is 1. The zero-order valence-electron chi connectivity index (χ0n) is 14.4. The van der Waals surface area contributed by atoms with Crippen LogP contribution in [0.4, 0.5) is 0 Å². The number of nitrogens with zero attached hydrogens (tertiary/aromatic N) is 4. The highest BCUT2D eigenvalue weighted by atomic mass is 35.5. The van der Waals surface area contributed by atoms with Crippen molar-refractivity contribution in [2.24, 2.45) is 0 Å². The fourth-order valence-electron chi connectivity index (χ4n) is 2.44. The zero-order chi connectivity index (χ0) is 18.5. The van der Waals surface area contributed by atoms with Crippen LogP contribution in [0.5, 0.6) is 0 Å². The predicted octanol–water partition coefficient (Wildman–Crippen LogP) is 3.59. The Balaban J connectivity index is 1.60. The molecule has 0 radical (unpaired) electrons. The molecule has 1 amide bonds. The number of rotatable bonds is 6. The van der Waals surface area contributed by atoms with Gasteiger partial charge in [-0.1, -0.05) is 47.6 Å². The van der Waals surface area contributed by atoms with Crippen molar-refractivity contribution in [1.82, 2.24) is 25.5 Å². The van der Waals surface area contributed by atoms with Crippen LogP contribution in [0.1, 0.15) is 24.1 Å². The van der Waals surface area contributed by atoms with Gasteiger partial charge in [-0.05, 0) is 59.7 Å². The first-order chi connectivity index (χ1) is 12.5. The van der Waals surface area contributed by atoms with Gasteiger partial charge in [0.25, 0.3) is 0 Å². The molecule has 1 N–H and O–H groups in total. The van der Waals surface area contributed by atoms with Gasteiger partial charge in [0, 0.05) is 5.02 Å². The van der Waals surface area contributed by atoms with E-state index in [2.05, 4.69) is 20.8 Å². The molecule has 134 valence electrons. The minimum absolute atomic E-state index is 0.0868.